The second-order valence-corrected chi connectivity index (χ2v) is 7.83. The van der Waals surface area contributed by atoms with Crippen LogP contribution in [0.3, 0.4) is 0 Å². The van der Waals surface area contributed by atoms with Gasteiger partial charge in [0.25, 0.3) is 0 Å². The lowest BCUT2D eigenvalue weighted by atomic mass is 9.98. The standard InChI is InChI=1S/C18H25N5OS/c1-3-14-10-16(21-20-12(14)2)24-11-13-6-8-23(9-7-13)18-19-17(22-25-18)15-4-5-15/h10,13,15H,3-9,11H2,1-2H3. The summed E-state index contributed by atoms with van der Waals surface area (Å²) in [7, 11) is 0. The van der Waals surface area contributed by atoms with Gasteiger partial charge < -0.3 is 9.64 Å². The van der Waals surface area contributed by atoms with Crippen molar-refractivity contribution < 1.29 is 4.74 Å². The van der Waals surface area contributed by atoms with Gasteiger partial charge in [-0.05, 0) is 50.5 Å². The molecular weight excluding hydrogens is 334 g/mol. The zero-order valence-corrected chi connectivity index (χ0v) is 15.8. The van der Waals surface area contributed by atoms with E-state index in [1.165, 1.54) is 18.4 Å². The van der Waals surface area contributed by atoms with Gasteiger partial charge in [0.05, 0.1) is 12.3 Å². The molecular formula is C18H25N5OS. The second-order valence-electron chi connectivity index (χ2n) is 7.10. The maximum absolute atomic E-state index is 5.91. The molecule has 1 aliphatic carbocycles. The van der Waals surface area contributed by atoms with Crippen LogP contribution < -0.4 is 9.64 Å². The fourth-order valence-electron chi connectivity index (χ4n) is 3.26. The van der Waals surface area contributed by atoms with Crippen molar-refractivity contribution in [3.63, 3.8) is 0 Å². The average molecular weight is 359 g/mol. The number of hydrogen-bond acceptors (Lipinski definition) is 7. The lowest BCUT2D eigenvalue weighted by Gasteiger charge is -2.31. The van der Waals surface area contributed by atoms with Crippen LogP contribution >= 0.6 is 11.5 Å². The molecule has 2 aliphatic rings. The Balaban J connectivity index is 1.27. The molecule has 2 aromatic heterocycles. The smallest absolute Gasteiger partial charge is 0.233 e. The van der Waals surface area contributed by atoms with Crippen LogP contribution in [-0.2, 0) is 6.42 Å². The highest BCUT2D eigenvalue weighted by atomic mass is 32.1. The van der Waals surface area contributed by atoms with Crippen LogP contribution in [0.2, 0.25) is 0 Å². The molecule has 0 atom stereocenters. The van der Waals surface area contributed by atoms with Crippen molar-refractivity contribution in [3.8, 4) is 5.88 Å². The SMILES string of the molecule is CCc1cc(OCC2CCN(c3nc(C4CC4)ns3)CC2)nnc1C. The first-order valence-corrected chi connectivity index (χ1v) is 10.0. The Hall–Kier alpha value is -1.76. The number of ether oxygens (including phenoxy) is 1. The highest BCUT2D eigenvalue weighted by Crippen LogP contribution is 2.40. The van der Waals surface area contributed by atoms with Gasteiger partial charge in [-0.2, -0.15) is 9.47 Å². The van der Waals surface area contributed by atoms with E-state index in [0.717, 1.165) is 55.6 Å². The van der Waals surface area contributed by atoms with E-state index >= 15 is 0 Å². The van der Waals surface area contributed by atoms with E-state index in [4.69, 9.17) is 9.72 Å². The van der Waals surface area contributed by atoms with Crippen molar-refractivity contribution in [3.05, 3.63) is 23.1 Å². The molecule has 0 amide bonds. The summed E-state index contributed by atoms with van der Waals surface area (Å²) in [5.41, 5.74) is 2.20. The summed E-state index contributed by atoms with van der Waals surface area (Å²) in [6, 6.07) is 2.03. The number of hydrogen-bond donors (Lipinski definition) is 0. The fourth-order valence-corrected chi connectivity index (χ4v) is 4.05. The van der Waals surface area contributed by atoms with Crippen molar-refractivity contribution in [2.75, 3.05) is 24.6 Å². The molecule has 0 radical (unpaired) electrons. The normalized spacial score (nSPS) is 18.6. The first-order valence-electron chi connectivity index (χ1n) is 9.27. The minimum Gasteiger partial charge on any atom is -0.476 e. The Bertz CT molecular complexity index is 722. The van der Waals surface area contributed by atoms with Crippen LogP contribution in [0.1, 0.15) is 55.6 Å². The van der Waals surface area contributed by atoms with Gasteiger partial charge in [-0.1, -0.05) is 6.92 Å². The summed E-state index contributed by atoms with van der Waals surface area (Å²) in [4.78, 5) is 7.10. The average Bonchev–Trinajstić information content (AvgIpc) is 3.38. The maximum atomic E-state index is 5.91. The summed E-state index contributed by atoms with van der Waals surface area (Å²) in [6.07, 6.45) is 5.73. The Labute approximate surface area is 152 Å². The van der Waals surface area contributed by atoms with E-state index in [9.17, 15) is 0 Å². The van der Waals surface area contributed by atoms with Crippen LogP contribution in [0.25, 0.3) is 0 Å². The first kappa shape index (κ1) is 16.7. The molecule has 1 saturated heterocycles. The van der Waals surface area contributed by atoms with E-state index < -0.39 is 0 Å². The second kappa shape index (κ2) is 7.23. The molecule has 3 heterocycles. The Morgan fingerprint density at radius 3 is 2.72 bits per heavy atom. The van der Waals surface area contributed by atoms with E-state index in [1.54, 1.807) is 11.5 Å². The van der Waals surface area contributed by atoms with Crippen LogP contribution in [-0.4, -0.2) is 39.3 Å². The van der Waals surface area contributed by atoms with Gasteiger partial charge >= 0.3 is 0 Å². The van der Waals surface area contributed by atoms with Gasteiger partial charge in [0.1, 0.15) is 5.82 Å². The molecule has 0 bridgehead atoms. The van der Waals surface area contributed by atoms with Crippen LogP contribution in [0.4, 0.5) is 5.13 Å². The van der Waals surface area contributed by atoms with Crippen LogP contribution in [0.15, 0.2) is 6.07 Å². The molecule has 4 rings (SSSR count). The summed E-state index contributed by atoms with van der Waals surface area (Å²) < 4.78 is 10.4. The third-order valence-corrected chi connectivity index (χ3v) is 5.96. The van der Waals surface area contributed by atoms with Gasteiger partial charge in [0, 0.05) is 36.6 Å². The maximum Gasteiger partial charge on any atom is 0.233 e. The molecule has 6 nitrogen and oxygen atoms in total. The monoisotopic (exact) mass is 359 g/mol. The number of rotatable bonds is 6. The van der Waals surface area contributed by atoms with Gasteiger partial charge in [-0.25, -0.2) is 4.98 Å². The predicted octanol–water partition coefficient (Wildman–Crippen LogP) is 3.37. The fraction of sp³-hybridized carbons (Fsp3) is 0.667. The minimum atomic E-state index is 0.570. The number of nitrogens with zero attached hydrogens (tertiary/aromatic N) is 5. The van der Waals surface area contributed by atoms with Crippen molar-refractivity contribution in [2.45, 2.75) is 51.9 Å². The number of aryl methyl sites for hydroxylation is 2. The summed E-state index contributed by atoms with van der Waals surface area (Å²) in [5.74, 6) is 2.93. The zero-order valence-electron chi connectivity index (χ0n) is 14.9. The molecule has 0 unspecified atom stereocenters. The predicted molar refractivity (Wildman–Crippen MR) is 98.5 cm³/mol. The molecule has 134 valence electrons. The van der Waals surface area contributed by atoms with Crippen LogP contribution in [0.5, 0.6) is 5.88 Å². The summed E-state index contributed by atoms with van der Waals surface area (Å²) >= 11 is 1.56. The molecule has 1 saturated carbocycles. The summed E-state index contributed by atoms with van der Waals surface area (Å²) in [6.45, 7) is 6.91. The quantitative estimate of drug-likeness (QED) is 0.788. The first-order chi connectivity index (χ1) is 12.2. The topological polar surface area (TPSA) is 64.0 Å². The molecule has 2 aromatic rings. The van der Waals surface area contributed by atoms with Gasteiger partial charge in [0.15, 0.2) is 0 Å². The van der Waals surface area contributed by atoms with Crippen molar-refractivity contribution in [1.29, 1.82) is 0 Å². The molecule has 0 N–H and O–H groups in total. The molecule has 2 fully saturated rings. The van der Waals surface area contributed by atoms with Gasteiger partial charge in [-0.15, -0.1) is 5.10 Å². The largest absolute Gasteiger partial charge is 0.476 e. The van der Waals surface area contributed by atoms with E-state index in [1.807, 2.05) is 13.0 Å². The van der Waals surface area contributed by atoms with Crippen LogP contribution in [0, 0.1) is 12.8 Å². The third kappa shape index (κ3) is 3.92. The number of aromatic nitrogens is 4. The number of piperidine rings is 1. The molecule has 7 heteroatoms. The van der Waals surface area contributed by atoms with Gasteiger partial charge in [0.2, 0.25) is 11.0 Å². The highest BCUT2D eigenvalue weighted by Gasteiger charge is 2.29. The van der Waals surface area contributed by atoms with E-state index in [-0.39, 0.29) is 0 Å². The lowest BCUT2D eigenvalue weighted by Crippen LogP contribution is -2.35. The van der Waals surface area contributed by atoms with E-state index in [0.29, 0.717) is 17.7 Å². The molecule has 25 heavy (non-hydrogen) atoms. The lowest BCUT2D eigenvalue weighted by molar-refractivity contribution is 0.214. The molecule has 1 aliphatic heterocycles. The molecule has 0 spiro atoms. The summed E-state index contributed by atoms with van der Waals surface area (Å²) in [5, 5.41) is 9.45. The number of anilines is 1. The van der Waals surface area contributed by atoms with Crippen molar-refractivity contribution in [1.82, 2.24) is 19.6 Å². The zero-order chi connectivity index (χ0) is 17.2. The van der Waals surface area contributed by atoms with Crippen molar-refractivity contribution in [2.24, 2.45) is 5.92 Å². The Kier molecular flexibility index (Phi) is 4.83. The molecule has 0 aromatic carbocycles. The minimum absolute atomic E-state index is 0.570. The van der Waals surface area contributed by atoms with Crippen molar-refractivity contribution >= 4 is 16.7 Å². The Morgan fingerprint density at radius 2 is 2.00 bits per heavy atom. The van der Waals surface area contributed by atoms with E-state index in [2.05, 4.69) is 26.4 Å². The third-order valence-electron chi connectivity index (χ3n) is 5.17. The Morgan fingerprint density at radius 1 is 1.20 bits per heavy atom. The highest BCUT2D eigenvalue weighted by molar-refractivity contribution is 7.09. The van der Waals surface area contributed by atoms with Gasteiger partial charge in [-0.3, -0.25) is 0 Å².